The van der Waals surface area contributed by atoms with E-state index >= 15 is 0 Å². The van der Waals surface area contributed by atoms with Gasteiger partial charge in [0.25, 0.3) is 0 Å². The van der Waals surface area contributed by atoms with E-state index in [1.807, 2.05) is 11.6 Å². The second-order valence-corrected chi connectivity index (χ2v) is 8.49. The van der Waals surface area contributed by atoms with Gasteiger partial charge in [0.05, 0.1) is 24.9 Å². The number of rotatable bonds is 4. The van der Waals surface area contributed by atoms with Crippen LogP contribution in [0, 0.1) is 5.82 Å². The van der Waals surface area contributed by atoms with Gasteiger partial charge < -0.3 is 4.74 Å². The third-order valence-corrected chi connectivity index (χ3v) is 7.11. The molecule has 1 fully saturated rings. The zero-order chi connectivity index (χ0) is 18.3. The molecule has 0 saturated carbocycles. The maximum Gasteiger partial charge on any atom is 0.246 e. The van der Waals surface area contributed by atoms with Crippen LogP contribution in [-0.2, 0) is 34.3 Å². The molecule has 2 aliphatic heterocycles. The van der Waals surface area contributed by atoms with Crippen molar-refractivity contribution in [3.63, 3.8) is 0 Å². The zero-order valence-corrected chi connectivity index (χ0v) is 15.5. The smallest absolute Gasteiger partial charge is 0.246 e. The lowest BCUT2D eigenvalue weighted by Crippen LogP contribution is -2.32. The number of fused-ring (bicyclic) bond motifs is 1. The molecule has 1 aromatic heterocycles. The molecule has 3 heterocycles. The topological polar surface area (TPSA) is 64.4 Å². The number of halogens is 1. The normalized spacial score (nSPS) is 21.1. The Morgan fingerprint density at radius 1 is 1.35 bits per heavy atom. The van der Waals surface area contributed by atoms with Crippen molar-refractivity contribution in [2.75, 3.05) is 13.2 Å². The maximum absolute atomic E-state index is 14.2. The summed E-state index contributed by atoms with van der Waals surface area (Å²) in [7, 11) is -3.92. The summed E-state index contributed by atoms with van der Waals surface area (Å²) in [6.45, 7) is 4.23. The molecule has 1 unspecified atom stereocenters. The number of sulfonamides is 1. The SMILES string of the molecule is CCn1nc(C2CCCN2S(=O)(=O)c2ccccc2F)c2c1CCOC2. The summed E-state index contributed by atoms with van der Waals surface area (Å²) in [4.78, 5) is -0.271. The highest BCUT2D eigenvalue weighted by Gasteiger charge is 2.40. The van der Waals surface area contributed by atoms with Crippen LogP contribution in [0.15, 0.2) is 29.2 Å². The van der Waals surface area contributed by atoms with Crippen LogP contribution in [0.25, 0.3) is 0 Å². The van der Waals surface area contributed by atoms with Gasteiger partial charge in [-0.1, -0.05) is 12.1 Å². The number of benzene rings is 1. The molecular formula is C18H22FN3O3S. The predicted molar refractivity (Wildman–Crippen MR) is 93.5 cm³/mol. The molecule has 1 atom stereocenters. The molecule has 1 saturated heterocycles. The molecule has 0 spiro atoms. The summed E-state index contributed by atoms with van der Waals surface area (Å²) in [6.07, 6.45) is 2.19. The van der Waals surface area contributed by atoms with Crippen molar-refractivity contribution >= 4 is 10.0 Å². The quantitative estimate of drug-likeness (QED) is 0.819. The molecule has 0 bridgehead atoms. The van der Waals surface area contributed by atoms with Gasteiger partial charge in [-0.2, -0.15) is 9.40 Å². The predicted octanol–water partition coefficient (Wildman–Crippen LogP) is 2.64. The Hall–Kier alpha value is -1.77. The molecule has 26 heavy (non-hydrogen) atoms. The highest BCUT2D eigenvalue weighted by Crippen LogP contribution is 2.39. The number of nitrogens with zero attached hydrogens (tertiary/aromatic N) is 3. The molecule has 6 nitrogen and oxygen atoms in total. The fourth-order valence-corrected chi connectivity index (χ4v) is 5.67. The van der Waals surface area contributed by atoms with Gasteiger partial charge in [0.1, 0.15) is 10.7 Å². The molecule has 8 heteroatoms. The number of aromatic nitrogens is 2. The van der Waals surface area contributed by atoms with E-state index in [9.17, 15) is 12.8 Å². The highest BCUT2D eigenvalue weighted by molar-refractivity contribution is 7.89. The van der Waals surface area contributed by atoms with E-state index in [0.29, 0.717) is 26.2 Å². The first-order valence-electron chi connectivity index (χ1n) is 8.96. The summed E-state index contributed by atoms with van der Waals surface area (Å²) >= 11 is 0. The summed E-state index contributed by atoms with van der Waals surface area (Å²) in [5, 5.41) is 4.71. The first-order chi connectivity index (χ1) is 12.5. The van der Waals surface area contributed by atoms with Crippen LogP contribution in [0.3, 0.4) is 0 Å². The van der Waals surface area contributed by atoms with Gasteiger partial charge >= 0.3 is 0 Å². The van der Waals surface area contributed by atoms with Crippen LogP contribution in [-0.4, -0.2) is 35.7 Å². The van der Waals surface area contributed by atoms with Crippen molar-refractivity contribution in [3.05, 3.63) is 47.0 Å². The first-order valence-corrected chi connectivity index (χ1v) is 10.4. The van der Waals surface area contributed by atoms with E-state index < -0.39 is 15.8 Å². The summed E-state index contributed by atoms with van der Waals surface area (Å²) in [5.41, 5.74) is 2.89. The van der Waals surface area contributed by atoms with Crippen LogP contribution >= 0.6 is 0 Å². The third-order valence-electron chi connectivity index (χ3n) is 5.17. The van der Waals surface area contributed by atoms with E-state index in [0.717, 1.165) is 36.3 Å². The number of hydrogen-bond acceptors (Lipinski definition) is 4. The van der Waals surface area contributed by atoms with Gasteiger partial charge in [-0.15, -0.1) is 0 Å². The Kier molecular flexibility index (Phi) is 4.58. The largest absolute Gasteiger partial charge is 0.376 e. The van der Waals surface area contributed by atoms with Crippen molar-refractivity contribution in [1.82, 2.24) is 14.1 Å². The summed E-state index contributed by atoms with van der Waals surface area (Å²) in [5.74, 6) is -0.720. The minimum Gasteiger partial charge on any atom is -0.376 e. The average molecular weight is 379 g/mol. The van der Waals surface area contributed by atoms with Crippen molar-refractivity contribution < 1.29 is 17.5 Å². The van der Waals surface area contributed by atoms with E-state index in [1.165, 1.54) is 22.5 Å². The molecule has 0 amide bonds. The van der Waals surface area contributed by atoms with Gasteiger partial charge in [0.15, 0.2) is 0 Å². The van der Waals surface area contributed by atoms with Crippen LogP contribution in [0.2, 0.25) is 0 Å². The van der Waals surface area contributed by atoms with Crippen LogP contribution in [0.1, 0.15) is 42.8 Å². The molecule has 0 radical (unpaired) electrons. The summed E-state index contributed by atoms with van der Waals surface area (Å²) < 4.78 is 49.3. The minimum absolute atomic E-state index is 0.271. The molecule has 140 valence electrons. The second-order valence-electron chi connectivity index (χ2n) is 6.63. The molecular weight excluding hydrogens is 357 g/mol. The van der Waals surface area contributed by atoms with Crippen LogP contribution in [0.5, 0.6) is 0 Å². The van der Waals surface area contributed by atoms with Crippen molar-refractivity contribution in [2.24, 2.45) is 0 Å². The molecule has 2 aliphatic rings. The molecule has 2 aromatic rings. The molecule has 4 rings (SSSR count). The Morgan fingerprint density at radius 3 is 2.92 bits per heavy atom. The minimum atomic E-state index is -3.92. The molecule has 0 aliphatic carbocycles. The van der Waals surface area contributed by atoms with Crippen LogP contribution < -0.4 is 0 Å². The fraction of sp³-hybridized carbons (Fsp3) is 0.500. The van der Waals surface area contributed by atoms with E-state index in [4.69, 9.17) is 9.84 Å². The van der Waals surface area contributed by atoms with E-state index in [-0.39, 0.29) is 10.9 Å². The highest BCUT2D eigenvalue weighted by atomic mass is 32.2. The van der Waals surface area contributed by atoms with Gasteiger partial charge in [-0.05, 0) is 31.9 Å². The van der Waals surface area contributed by atoms with Crippen molar-refractivity contribution in [3.8, 4) is 0 Å². The van der Waals surface area contributed by atoms with Gasteiger partial charge in [0, 0.05) is 30.8 Å². The Bertz CT molecular complexity index is 926. The monoisotopic (exact) mass is 379 g/mol. The average Bonchev–Trinajstić information content (AvgIpc) is 3.26. The van der Waals surface area contributed by atoms with Gasteiger partial charge in [-0.3, -0.25) is 4.68 Å². The van der Waals surface area contributed by atoms with Gasteiger partial charge in [-0.25, -0.2) is 12.8 Å². The molecule has 0 N–H and O–H groups in total. The first kappa shape index (κ1) is 17.6. The third kappa shape index (κ3) is 2.76. The Balaban J connectivity index is 1.76. The van der Waals surface area contributed by atoms with E-state index in [2.05, 4.69) is 0 Å². The lowest BCUT2D eigenvalue weighted by atomic mass is 10.0. The van der Waals surface area contributed by atoms with Crippen LogP contribution in [0.4, 0.5) is 4.39 Å². The van der Waals surface area contributed by atoms with E-state index in [1.54, 1.807) is 6.07 Å². The Morgan fingerprint density at radius 2 is 2.15 bits per heavy atom. The second kappa shape index (κ2) is 6.75. The molecule has 1 aromatic carbocycles. The number of aryl methyl sites for hydroxylation is 1. The number of hydrogen-bond donors (Lipinski definition) is 0. The maximum atomic E-state index is 14.2. The fourth-order valence-electron chi connectivity index (χ4n) is 3.95. The van der Waals surface area contributed by atoms with Gasteiger partial charge in [0.2, 0.25) is 10.0 Å². The van der Waals surface area contributed by atoms with Crippen molar-refractivity contribution in [1.29, 1.82) is 0 Å². The Labute approximate surface area is 152 Å². The lowest BCUT2D eigenvalue weighted by molar-refractivity contribution is 0.107. The number of ether oxygens (including phenoxy) is 1. The van der Waals surface area contributed by atoms with Crippen molar-refractivity contribution in [2.45, 2.75) is 50.3 Å². The lowest BCUT2D eigenvalue weighted by Gasteiger charge is -2.24. The standard InChI is InChI=1S/C18H22FN3O3S/c1-2-21-15-9-11-25-12-13(15)18(20-21)16-7-5-10-22(16)26(23,24)17-8-4-3-6-14(17)19/h3-4,6,8,16H,2,5,7,9-12H2,1H3. The zero-order valence-electron chi connectivity index (χ0n) is 14.7. The summed E-state index contributed by atoms with van der Waals surface area (Å²) in [6, 6.07) is 5.17.